The molecule has 332 valence electrons. The molecule has 0 spiro atoms. The summed E-state index contributed by atoms with van der Waals surface area (Å²) >= 11 is 0. The van der Waals surface area contributed by atoms with E-state index in [4.69, 9.17) is 9.05 Å². The third-order valence-corrected chi connectivity index (χ3v) is 11.7. The predicted molar refractivity (Wildman–Crippen MR) is 240 cm³/mol. The molecule has 0 rings (SSSR count). The molecular weight excluding hydrogens is 719 g/mol. The second-order valence-electron chi connectivity index (χ2n) is 17.5. The number of hydrogen-bond donors (Lipinski definition) is 3. The Labute approximate surface area is 347 Å². The van der Waals surface area contributed by atoms with Crippen molar-refractivity contribution in [1.82, 2.24) is 5.32 Å². The second-order valence-corrected chi connectivity index (χ2v) is 18.9. The Hall–Kier alpha value is -1.02. The number of amides is 1. The minimum Gasteiger partial charge on any atom is -0.387 e. The van der Waals surface area contributed by atoms with Crippen LogP contribution in [-0.4, -0.2) is 73.4 Å². The molecule has 0 bridgehead atoms. The van der Waals surface area contributed by atoms with Crippen LogP contribution in [0.5, 0.6) is 0 Å². The molecule has 0 saturated carbocycles. The van der Waals surface area contributed by atoms with E-state index in [9.17, 15) is 19.4 Å². The number of quaternary nitrogens is 1. The topological polar surface area (TPSA) is 105 Å². The molecule has 1 amide bonds. The number of nitrogens with one attached hydrogen (secondary N) is 1. The number of likely N-dealkylation sites (N-methyl/N-ethyl adjacent to an activating group) is 1. The molecule has 3 N–H and O–H groups in total. The minimum atomic E-state index is -4.32. The van der Waals surface area contributed by atoms with Gasteiger partial charge in [-0.05, 0) is 32.1 Å². The Balaban J connectivity index is 3.79. The zero-order valence-corrected chi connectivity index (χ0v) is 38.5. The standard InChI is InChI=1S/C47H93N2O6P/c1-6-8-10-11-12-13-14-15-16-17-18-19-20-21-22-23-24-25-26-27-28-29-30-31-32-33-34-35-36-37-38-39-40-46(50)45(48-47(51)41-9-7-2)44-55-56(52,53)54-43-42-49(3,4)5/h35-36,39-40,45-46,50H,6-34,37-38,41-44H2,1-5H3,(H-,48,51,52,53)/p+1/b36-35+,40-39+. The van der Waals surface area contributed by atoms with E-state index in [1.54, 1.807) is 6.08 Å². The van der Waals surface area contributed by atoms with E-state index in [2.05, 4.69) is 24.4 Å². The molecule has 0 aromatic rings. The summed E-state index contributed by atoms with van der Waals surface area (Å²) in [7, 11) is 1.55. The van der Waals surface area contributed by atoms with Crippen LogP contribution >= 0.6 is 7.82 Å². The van der Waals surface area contributed by atoms with Crippen LogP contribution in [0.3, 0.4) is 0 Å². The van der Waals surface area contributed by atoms with Crippen LogP contribution in [0.4, 0.5) is 0 Å². The van der Waals surface area contributed by atoms with Crippen LogP contribution in [0.25, 0.3) is 0 Å². The van der Waals surface area contributed by atoms with Gasteiger partial charge in [0.1, 0.15) is 13.2 Å². The van der Waals surface area contributed by atoms with E-state index in [1.165, 1.54) is 167 Å². The number of hydrogen-bond acceptors (Lipinski definition) is 5. The Morgan fingerprint density at radius 2 is 0.982 bits per heavy atom. The van der Waals surface area contributed by atoms with Crippen molar-refractivity contribution in [2.45, 2.75) is 231 Å². The van der Waals surface area contributed by atoms with Gasteiger partial charge in [0.2, 0.25) is 5.91 Å². The maximum atomic E-state index is 12.4. The van der Waals surface area contributed by atoms with Crippen LogP contribution in [-0.2, 0) is 18.4 Å². The van der Waals surface area contributed by atoms with Gasteiger partial charge in [0.25, 0.3) is 0 Å². The van der Waals surface area contributed by atoms with Crippen molar-refractivity contribution in [3.05, 3.63) is 24.3 Å². The Kier molecular flexibility index (Phi) is 38.7. The molecule has 0 aliphatic heterocycles. The highest BCUT2D eigenvalue weighted by atomic mass is 31.2. The van der Waals surface area contributed by atoms with Gasteiger partial charge in [0.05, 0.1) is 39.9 Å². The van der Waals surface area contributed by atoms with Crippen molar-refractivity contribution < 1.29 is 32.9 Å². The van der Waals surface area contributed by atoms with Crippen LogP contribution < -0.4 is 5.32 Å². The number of phosphoric acid groups is 1. The molecule has 3 unspecified atom stereocenters. The lowest BCUT2D eigenvalue weighted by Crippen LogP contribution is -2.45. The minimum absolute atomic E-state index is 0.0560. The molecule has 56 heavy (non-hydrogen) atoms. The number of nitrogens with zero attached hydrogens (tertiary/aromatic N) is 1. The lowest BCUT2D eigenvalue weighted by molar-refractivity contribution is -0.870. The summed E-state index contributed by atoms with van der Waals surface area (Å²) in [5.74, 6) is -0.222. The number of aliphatic hydroxyl groups is 1. The number of carbonyl (C=O) groups is 1. The fourth-order valence-electron chi connectivity index (χ4n) is 6.86. The number of unbranched alkanes of at least 4 members (excludes halogenated alkanes) is 28. The van der Waals surface area contributed by atoms with Crippen molar-refractivity contribution in [2.24, 2.45) is 0 Å². The lowest BCUT2D eigenvalue weighted by atomic mass is 10.0. The van der Waals surface area contributed by atoms with Gasteiger partial charge in [-0.3, -0.25) is 13.8 Å². The highest BCUT2D eigenvalue weighted by Gasteiger charge is 2.27. The Morgan fingerprint density at radius 3 is 1.41 bits per heavy atom. The van der Waals surface area contributed by atoms with Crippen molar-refractivity contribution in [3.8, 4) is 0 Å². The largest absolute Gasteiger partial charge is 0.472 e. The van der Waals surface area contributed by atoms with Gasteiger partial charge in [-0.15, -0.1) is 0 Å². The molecule has 0 fully saturated rings. The third kappa shape index (κ3) is 41.2. The number of carbonyl (C=O) groups excluding carboxylic acids is 1. The highest BCUT2D eigenvalue weighted by Crippen LogP contribution is 2.43. The molecule has 0 aliphatic rings. The fraction of sp³-hybridized carbons (Fsp3) is 0.894. The van der Waals surface area contributed by atoms with Crippen LogP contribution in [0, 0.1) is 0 Å². The number of allylic oxidation sites excluding steroid dienone is 3. The summed E-state index contributed by atoms with van der Waals surface area (Å²) in [6, 6.07) is -0.855. The maximum Gasteiger partial charge on any atom is 0.472 e. The number of aliphatic hydroxyl groups excluding tert-OH is 1. The first kappa shape index (κ1) is 55.0. The Bertz CT molecular complexity index is 969. The van der Waals surface area contributed by atoms with E-state index in [0.29, 0.717) is 17.4 Å². The quantitative estimate of drug-likeness (QED) is 0.0245. The lowest BCUT2D eigenvalue weighted by Gasteiger charge is -2.25. The van der Waals surface area contributed by atoms with Gasteiger partial charge in [-0.1, -0.05) is 205 Å². The maximum absolute atomic E-state index is 12.4. The van der Waals surface area contributed by atoms with E-state index in [0.717, 1.165) is 32.1 Å². The average molecular weight is 814 g/mol. The van der Waals surface area contributed by atoms with Gasteiger partial charge in [0.15, 0.2) is 0 Å². The first-order valence-corrected chi connectivity index (χ1v) is 25.2. The first-order valence-electron chi connectivity index (χ1n) is 23.7. The summed E-state index contributed by atoms with van der Waals surface area (Å²) in [5.41, 5.74) is 0. The van der Waals surface area contributed by atoms with Gasteiger partial charge in [-0.2, -0.15) is 0 Å². The summed E-state index contributed by atoms with van der Waals surface area (Å²) in [4.78, 5) is 22.5. The second kappa shape index (κ2) is 39.4. The van der Waals surface area contributed by atoms with Gasteiger partial charge in [0, 0.05) is 6.42 Å². The SMILES string of the molecule is CCCCCCCCCCCCCCCCCCCCCCCCCCCC/C=C/CC/C=C/C(O)C(COP(=O)(O)OCC[N+](C)(C)C)NC(=O)CCCC. The first-order chi connectivity index (χ1) is 27.0. The molecule has 0 saturated heterocycles. The molecule has 8 nitrogen and oxygen atoms in total. The monoisotopic (exact) mass is 814 g/mol. The van der Waals surface area contributed by atoms with E-state index in [1.807, 2.05) is 34.1 Å². The molecule has 0 heterocycles. The smallest absolute Gasteiger partial charge is 0.387 e. The van der Waals surface area contributed by atoms with Gasteiger partial charge < -0.3 is 19.8 Å². The number of phosphoric ester groups is 1. The molecule has 3 atom stereocenters. The van der Waals surface area contributed by atoms with Crippen LogP contribution in [0.15, 0.2) is 24.3 Å². The van der Waals surface area contributed by atoms with Crippen molar-refractivity contribution >= 4 is 13.7 Å². The van der Waals surface area contributed by atoms with E-state index >= 15 is 0 Å². The predicted octanol–water partition coefficient (Wildman–Crippen LogP) is 13.3. The zero-order chi connectivity index (χ0) is 41.4. The van der Waals surface area contributed by atoms with Crippen LogP contribution in [0.2, 0.25) is 0 Å². The summed E-state index contributed by atoms with van der Waals surface area (Å²) < 4.78 is 23.2. The highest BCUT2D eigenvalue weighted by molar-refractivity contribution is 7.47. The molecule has 0 aromatic carbocycles. The third-order valence-electron chi connectivity index (χ3n) is 10.7. The van der Waals surface area contributed by atoms with Crippen molar-refractivity contribution in [3.63, 3.8) is 0 Å². The number of rotatable bonds is 43. The van der Waals surface area contributed by atoms with E-state index in [-0.39, 0.29) is 19.1 Å². The van der Waals surface area contributed by atoms with Crippen LogP contribution in [0.1, 0.15) is 219 Å². The van der Waals surface area contributed by atoms with Crippen molar-refractivity contribution in [2.75, 3.05) is 40.9 Å². The summed E-state index contributed by atoms with van der Waals surface area (Å²) in [6.45, 7) is 4.55. The normalized spacial score (nSPS) is 14.5. The van der Waals surface area contributed by atoms with Gasteiger partial charge >= 0.3 is 7.82 Å². The van der Waals surface area contributed by atoms with Crippen molar-refractivity contribution in [1.29, 1.82) is 0 Å². The summed E-state index contributed by atoms with van der Waals surface area (Å²) in [5, 5.41) is 13.5. The molecule has 0 radical (unpaired) electrons. The average Bonchev–Trinajstić information content (AvgIpc) is 3.15. The van der Waals surface area contributed by atoms with Gasteiger partial charge in [-0.25, -0.2) is 4.57 Å². The molecule has 0 aliphatic carbocycles. The molecule has 9 heteroatoms. The molecular formula is C47H94N2O6P+. The Morgan fingerprint density at radius 1 is 0.589 bits per heavy atom. The zero-order valence-electron chi connectivity index (χ0n) is 37.6. The van der Waals surface area contributed by atoms with E-state index < -0.39 is 20.0 Å². The fourth-order valence-corrected chi connectivity index (χ4v) is 7.60. The summed E-state index contributed by atoms with van der Waals surface area (Å²) in [6.07, 6.45) is 48.4. The molecule has 0 aromatic heterocycles.